The second kappa shape index (κ2) is 5.20. The molecular weight excluding hydrogens is 214 g/mol. The molecule has 0 aromatic carbocycles. The third-order valence-corrected chi connectivity index (χ3v) is 2.42. The predicted molar refractivity (Wildman–Crippen MR) is 62.5 cm³/mol. The lowest BCUT2D eigenvalue weighted by Crippen LogP contribution is -2.20. The highest BCUT2D eigenvalue weighted by Gasteiger charge is 2.20. The van der Waals surface area contributed by atoms with Crippen LogP contribution in [0.3, 0.4) is 0 Å². The number of nitrogen functional groups attached to an aromatic ring is 2. The smallest absolute Gasteiger partial charge is 0.108 e. The molecule has 1 aromatic rings. The van der Waals surface area contributed by atoms with Gasteiger partial charge in [0.1, 0.15) is 6.10 Å². The molecule has 1 heterocycles. The molecule has 0 radical (unpaired) electrons. The second-order valence-corrected chi connectivity index (χ2v) is 3.70. The van der Waals surface area contributed by atoms with Crippen LogP contribution in [0.25, 0.3) is 0 Å². The van der Waals surface area contributed by atoms with Crippen LogP contribution in [0.2, 0.25) is 0 Å². The Morgan fingerprint density at radius 1 is 1.33 bits per heavy atom. The zero-order chi connectivity index (χ0) is 11.4. The highest BCUT2D eigenvalue weighted by atomic mass is 32.1. The average molecular weight is 229 g/mol. The van der Waals surface area contributed by atoms with Gasteiger partial charge in [0.25, 0.3) is 0 Å². The first-order valence-corrected chi connectivity index (χ1v) is 5.17. The minimum Gasteiger partial charge on any atom is -0.397 e. The van der Waals surface area contributed by atoms with Gasteiger partial charge in [-0.25, -0.2) is 0 Å². The highest BCUT2D eigenvalue weighted by molar-refractivity contribution is 7.80. The molecule has 15 heavy (non-hydrogen) atoms. The molecule has 6 heteroatoms. The van der Waals surface area contributed by atoms with Gasteiger partial charge in [0, 0.05) is 11.8 Å². The third-order valence-electron chi connectivity index (χ3n) is 2.16. The molecule has 2 atom stereocenters. The molecule has 1 rings (SSSR count). The summed E-state index contributed by atoms with van der Waals surface area (Å²) in [5.41, 5.74) is 12.1. The van der Waals surface area contributed by atoms with E-state index in [9.17, 15) is 10.2 Å². The highest BCUT2D eigenvalue weighted by Crippen LogP contribution is 2.27. The third kappa shape index (κ3) is 2.74. The van der Waals surface area contributed by atoms with E-state index in [-0.39, 0.29) is 5.69 Å². The summed E-state index contributed by atoms with van der Waals surface area (Å²) in [6.45, 7) is 0. The van der Waals surface area contributed by atoms with Crippen LogP contribution in [0.4, 0.5) is 11.4 Å². The number of hydrogen-bond acceptors (Lipinski definition) is 6. The van der Waals surface area contributed by atoms with E-state index in [0.717, 1.165) is 0 Å². The van der Waals surface area contributed by atoms with Crippen molar-refractivity contribution in [2.75, 3.05) is 17.2 Å². The molecule has 84 valence electrons. The molecule has 5 nitrogen and oxygen atoms in total. The van der Waals surface area contributed by atoms with Gasteiger partial charge in [0.2, 0.25) is 0 Å². The Labute approximate surface area is 93.5 Å². The molecule has 1 aromatic heterocycles. The van der Waals surface area contributed by atoms with Crippen molar-refractivity contribution < 1.29 is 10.2 Å². The molecule has 0 saturated carbocycles. The van der Waals surface area contributed by atoms with Gasteiger partial charge in [-0.2, -0.15) is 12.6 Å². The van der Waals surface area contributed by atoms with E-state index in [0.29, 0.717) is 23.4 Å². The Hall–Kier alpha value is -0.980. The molecule has 0 saturated heterocycles. The molecule has 0 bridgehead atoms. The van der Waals surface area contributed by atoms with Gasteiger partial charge < -0.3 is 21.7 Å². The number of aliphatic hydroxyl groups is 2. The molecular formula is C9H15N3O2S. The summed E-state index contributed by atoms with van der Waals surface area (Å²) < 4.78 is 0. The van der Waals surface area contributed by atoms with E-state index in [1.54, 1.807) is 0 Å². The van der Waals surface area contributed by atoms with Crippen LogP contribution >= 0.6 is 12.6 Å². The monoisotopic (exact) mass is 229 g/mol. The fourth-order valence-corrected chi connectivity index (χ4v) is 1.50. The number of nitrogens with zero attached hydrogens (tertiary/aromatic N) is 1. The van der Waals surface area contributed by atoms with Gasteiger partial charge in [0.05, 0.1) is 23.7 Å². The van der Waals surface area contributed by atoms with E-state index >= 15 is 0 Å². The number of anilines is 2. The van der Waals surface area contributed by atoms with Gasteiger partial charge >= 0.3 is 0 Å². The fraction of sp³-hybridized carbons (Fsp3) is 0.444. The summed E-state index contributed by atoms with van der Waals surface area (Å²) in [5, 5.41) is 19.3. The quantitative estimate of drug-likeness (QED) is 0.466. The van der Waals surface area contributed by atoms with E-state index in [4.69, 9.17) is 11.5 Å². The standard InChI is InChI=1S/C9H15N3O2S/c10-6-4-12-3-5(8(6)11)9(14)7(13)1-2-15/h3-4,7,9,13-15H,1-2,10H2,(H2,11,12). The van der Waals surface area contributed by atoms with Crippen LogP contribution in [0.15, 0.2) is 12.4 Å². The minimum atomic E-state index is -1.08. The number of hydrogen-bond donors (Lipinski definition) is 5. The number of nitrogens with two attached hydrogens (primary N) is 2. The summed E-state index contributed by atoms with van der Waals surface area (Å²) >= 11 is 3.97. The lowest BCUT2D eigenvalue weighted by atomic mass is 10.0. The van der Waals surface area contributed by atoms with E-state index in [1.807, 2.05) is 0 Å². The normalized spacial score (nSPS) is 14.9. The number of rotatable bonds is 4. The first-order chi connectivity index (χ1) is 7.07. The zero-order valence-corrected chi connectivity index (χ0v) is 9.06. The Bertz CT molecular complexity index is 335. The maximum absolute atomic E-state index is 9.77. The van der Waals surface area contributed by atoms with Crippen LogP contribution in [0.1, 0.15) is 18.1 Å². The SMILES string of the molecule is Nc1cncc(C(O)C(O)CCS)c1N. The van der Waals surface area contributed by atoms with E-state index in [1.165, 1.54) is 12.4 Å². The summed E-state index contributed by atoms with van der Waals surface area (Å²) in [7, 11) is 0. The molecule has 0 fully saturated rings. The van der Waals surface area contributed by atoms with Crippen molar-refractivity contribution in [3.8, 4) is 0 Å². The first kappa shape index (κ1) is 12.1. The molecule has 0 aliphatic rings. The van der Waals surface area contributed by atoms with Crippen molar-refractivity contribution in [2.24, 2.45) is 0 Å². The number of thiol groups is 1. The summed E-state index contributed by atoms with van der Waals surface area (Å²) in [6.07, 6.45) is 1.19. The lowest BCUT2D eigenvalue weighted by molar-refractivity contribution is 0.0175. The van der Waals surface area contributed by atoms with Crippen molar-refractivity contribution in [1.82, 2.24) is 4.98 Å². The lowest BCUT2D eigenvalue weighted by Gasteiger charge is -2.19. The first-order valence-electron chi connectivity index (χ1n) is 4.53. The van der Waals surface area contributed by atoms with Gasteiger partial charge in [-0.15, -0.1) is 0 Å². The molecule has 0 aliphatic heterocycles. The molecule has 6 N–H and O–H groups in total. The van der Waals surface area contributed by atoms with Gasteiger partial charge in [-0.1, -0.05) is 0 Å². The Kier molecular flexibility index (Phi) is 4.19. The molecule has 0 aliphatic carbocycles. The van der Waals surface area contributed by atoms with Crippen molar-refractivity contribution in [3.05, 3.63) is 18.0 Å². The van der Waals surface area contributed by atoms with Crippen LogP contribution in [0.5, 0.6) is 0 Å². The maximum Gasteiger partial charge on any atom is 0.108 e. The molecule has 0 spiro atoms. The van der Waals surface area contributed by atoms with Gasteiger partial charge in [0.15, 0.2) is 0 Å². The van der Waals surface area contributed by atoms with Crippen molar-refractivity contribution in [2.45, 2.75) is 18.6 Å². The fourth-order valence-electron chi connectivity index (χ4n) is 1.24. The van der Waals surface area contributed by atoms with E-state index < -0.39 is 12.2 Å². The van der Waals surface area contributed by atoms with Crippen LogP contribution in [-0.2, 0) is 0 Å². The topological polar surface area (TPSA) is 105 Å². The maximum atomic E-state index is 9.77. The summed E-state index contributed by atoms with van der Waals surface area (Å²) in [4.78, 5) is 3.81. The Morgan fingerprint density at radius 2 is 2.00 bits per heavy atom. The minimum absolute atomic E-state index is 0.260. The number of aromatic nitrogens is 1. The average Bonchev–Trinajstić information content (AvgIpc) is 2.21. The van der Waals surface area contributed by atoms with E-state index in [2.05, 4.69) is 17.6 Å². The summed E-state index contributed by atoms with van der Waals surface area (Å²) in [6, 6.07) is 0. The second-order valence-electron chi connectivity index (χ2n) is 3.26. The number of pyridine rings is 1. The molecule has 0 amide bonds. The van der Waals surface area contributed by atoms with Gasteiger partial charge in [-0.05, 0) is 12.2 Å². The van der Waals surface area contributed by atoms with Crippen molar-refractivity contribution in [1.29, 1.82) is 0 Å². The van der Waals surface area contributed by atoms with Crippen LogP contribution in [0, 0.1) is 0 Å². The van der Waals surface area contributed by atoms with Crippen molar-refractivity contribution >= 4 is 24.0 Å². The Balaban J connectivity index is 2.90. The van der Waals surface area contributed by atoms with Crippen LogP contribution in [-0.4, -0.2) is 27.1 Å². The predicted octanol–water partition coefficient (Wildman–Crippen LogP) is -0.0398. The van der Waals surface area contributed by atoms with Crippen molar-refractivity contribution in [3.63, 3.8) is 0 Å². The largest absolute Gasteiger partial charge is 0.397 e. The number of aliphatic hydroxyl groups excluding tert-OH is 2. The van der Waals surface area contributed by atoms with Crippen LogP contribution < -0.4 is 11.5 Å². The molecule has 2 unspecified atom stereocenters. The summed E-state index contributed by atoms with van der Waals surface area (Å²) in [5.74, 6) is 0.480. The Morgan fingerprint density at radius 3 is 2.60 bits per heavy atom. The zero-order valence-electron chi connectivity index (χ0n) is 8.17. The van der Waals surface area contributed by atoms with Gasteiger partial charge in [-0.3, -0.25) is 4.98 Å².